The first-order valence-corrected chi connectivity index (χ1v) is 4.44. The highest BCUT2D eigenvalue weighted by atomic mass is 19.1. The van der Waals surface area contributed by atoms with Crippen LogP contribution >= 0.6 is 0 Å². The third kappa shape index (κ3) is 3.39. The first-order valence-electron chi connectivity index (χ1n) is 4.44. The van der Waals surface area contributed by atoms with Gasteiger partial charge in [0.25, 0.3) is 0 Å². The monoisotopic (exact) mass is 207 g/mol. The van der Waals surface area contributed by atoms with E-state index < -0.39 is 11.9 Å². The number of hydrogen-bond donors (Lipinski definition) is 0. The SMILES string of the molecule is CCOC(=O)C#Cc1cc(C)cnc1F. The summed E-state index contributed by atoms with van der Waals surface area (Å²) in [6, 6.07) is 1.52. The Kier molecular flexibility index (Phi) is 3.81. The first kappa shape index (κ1) is 11.2. The molecule has 0 aliphatic carbocycles. The van der Waals surface area contributed by atoms with Crippen molar-refractivity contribution in [3.63, 3.8) is 0 Å². The van der Waals surface area contributed by atoms with E-state index in [2.05, 4.69) is 21.6 Å². The van der Waals surface area contributed by atoms with Crippen molar-refractivity contribution < 1.29 is 13.9 Å². The Morgan fingerprint density at radius 2 is 2.40 bits per heavy atom. The normalized spacial score (nSPS) is 9.00. The summed E-state index contributed by atoms with van der Waals surface area (Å²) in [5, 5.41) is 0. The summed E-state index contributed by atoms with van der Waals surface area (Å²) in [5.41, 5.74) is 0.882. The lowest BCUT2D eigenvalue weighted by Gasteiger charge is -1.95. The molecule has 78 valence electrons. The van der Waals surface area contributed by atoms with Crippen LogP contribution in [0.15, 0.2) is 12.3 Å². The molecular formula is C11H10FNO2. The zero-order valence-corrected chi connectivity index (χ0v) is 8.50. The molecule has 0 fully saturated rings. The smallest absolute Gasteiger partial charge is 0.384 e. The molecule has 0 saturated carbocycles. The number of carbonyl (C=O) groups is 1. The van der Waals surface area contributed by atoms with E-state index in [1.165, 1.54) is 12.3 Å². The van der Waals surface area contributed by atoms with Gasteiger partial charge in [-0.3, -0.25) is 0 Å². The molecule has 0 amide bonds. The summed E-state index contributed by atoms with van der Waals surface area (Å²) in [6.07, 6.45) is 1.39. The maximum atomic E-state index is 13.0. The van der Waals surface area contributed by atoms with Gasteiger partial charge in [0.2, 0.25) is 5.95 Å². The standard InChI is InChI=1S/C11H10FNO2/c1-3-15-10(14)5-4-9-6-8(2)7-13-11(9)12/h6-7H,3H2,1-2H3. The molecule has 1 aromatic rings. The Labute approximate surface area is 87.3 Å². The number of ether oxygens (including phenoxy) is 1. The van der Waals surface area contributed by atoms with Crippen LogP contribution in [0.1, 0.15) is 18.1 Å². The van der Waals surface area contributed by atoms with Gasteiger partial charge >= 0.3 is 5.97 Å². The molecule has 1 heterocycles. The fourth-order valence-electron chi connectivity index (χ4n) is 0.926. The number of carbonyl (C=O) groups excluding carboxylic acids is 1. The Bertz CT molecular complexity index is 432. The number of nitrogens with zero attached hydrogens (tertiary/aromatic N) is 1. The van der Waals surface area contributed by atoms with Crippen molar-refractivity contribution in [3.8, 4) is 11.8 Å². The molecule has 15 heavy (non-hydrogen) atoms. The number of esters is 1. The molecule has 0 aliphatic rings. The van der Waals surface area contributed by atoms with E-state index in [1.54, 1.807) is 13.8 Å². The summed E-state index contributed by atoms with van der Waals surface area (Å²) in [7, 11) is 0. The van der Waals surface area contributed by atoms with Crippen LogP contribution in [-0.2, 0) is 9.53 Å². The summed E-state index contributed by atoms with van der Waals surface area (Å²) in [4.78, 5) is 14.4. The van der Waals surface area contributed by atoms with Gasteiger partial charge in [-0.05, 0) is 25.5 Å². The van der Waals surface area contributed by atoms with E-state index in [0.717, 1.165) is 5.56 Å². The molecule has 0 atom stereocenters. The Balaban J connectivity index is 2.88. The maximum absolute atomic E-state index is 13.0. The topological polar surface area (TPSA) is 39.2 Å². The van der Waals surface area contributed by atoms with Crippen LogP contribution in [0.25, 0.3) is 0 Å². The fourth-order valence-corrected chi connectivity index (χ4v) is 0.926. The molecular weight excluding hydrogens is 197 g/mol. The van der Waals surface area contributed by atoms with E-state index in [9.17, 15) is 9.18 Å². The number of aromatic nitrogens is 1. The number of aryl methyl sites for hydroxylation is 1. The lowest BCUT2D eigenvalue weighted by Crippen LogP contribution is -2.00. The van der Waals surface area contributed by atoms with E-state index >= 15 is 0 Å². The van der Waals surface area contributed by atoms with Gasteiger partial charge in [-0.1, -0.05) is 5.92 Å². The minimum atomic E-state index is -0.683. The van der Waals surface area contributed by atoms with Gasteiger partial charge in [0.15, 0.2) is 0 Å². The molecule has 0 spiro atoms. The van der Waals surface area contributed by atoms with Gasteiger partial charge in [0, 0.05) is 12.1 Å². The van der Waals surface area contributed by atoms with Gasteiger partial charge in [-0.25, -0.2) is 9.78 Å². The largest absolute Gasteiger partial charge is 0.456 e. The first-order chi connectivity index (χ1) is 7.13. The molecule has 0 aromatic carbocycles. The second-order valence-electron chi connectivity index (χ2n) is 2.82. The number of rotatable bonds is 1. The van der Waals surface area contributed by atoms with Crippen molar-refractivity contribution in [1.29, 1.82) is 0 Å². The third-order valence-electron chi connectivity index (χ3n) is 1.55. The van der Waals surface area contributed by atoms with Crippen LogP contribution in [0.3, 0.4) is 0 Å². The molecule has 4 heteroatoms. The van der Waals surface area contributed by atoms with Crippen molar-refractivity contribution in [2.45, 2.75) is 13.8 Å². The molecule has 0 radical (unpaired) electrons. The van der Waals surface area contributed by atoms with E-state index in [4.69, 9.17) is 0 Å². The van der Waals surface area contributed by atoms with Gasteiger partial charge in [0.05, 0.1) is 12.2 Å². The molecule has 0 unspecified atom stereocenters. The highest BCUT2D eigenvalue weighted by Crippen LogP contribution is 2.04. The predicted molar refractivity (Wildman–Crippen MR) is 52.4 cm³/mol. The Morgan fingerprint density at radius 3 is 3.07 bits per heavy atom. The predicted octanol–water partition coefficient (Wildman–Crippen LogP) is 1.44. The van der Waals surface area contributed by atoms with E-state index in [-0.39, 0.29) is 12.2 Å². The molecule has 3 nitrogen and oxygen atoms in total. The summed E-state index contributed by atoms with van der Waals surface area (Å²) < 4.78 is 17.6. The number of halogens is 1. The van der Waals surface area contributed by atoms with Crippen LogP contribution in [0.2, 0.25) is 0 Å². The summed E-state index contributed by atoms with van der Waals surface area (Å²) >= 11 is 0. The van der Waals surface area contributed by atoms with E-state index in [0.29, 0.717) is 0 Å². The lowest BCUT2D eigenvalue weighted by molar-refractivity contribution is -0.136. The van der Waals surface area contributed by atoms with Crippen LogP contribution in [-0.4, -0.2) is 17.6 Å². The van der Waals surface area contributed by atoms with Crippen LogP contribution in [0, 0.1) is 24.7 Å². The van der Waals surface area contributed by atoms with Crippen LogP contribution in [0.5, 0.6) is 0 Å². The lowest BCUT2D eigenvalue weighted by atomic mass is 10.2. The number of hydrogen-bond acceptors (Lipinski definition) is 3. The molecule has 1 rings (SSSR count). The van der Waals surface area contributed by atoms with Crippen LogP contribution < -0.4 is 0 Å². The minimum absolute atomic E-state index is 0.100. The Morgan fingerprint density at radius 1 is 1.67 bits per heavy atom. The van der Waals surface area contributed by atoms with Gasteiger partial charge in [-0.15, -0.1) is 0 Å². The number of pyridine rings is 1. The molecule has 1 aromatic heterocycles. The molecule has 0 saturated heterocycles. The van der Waals surface area contributed by atoms with Crippen LogP contribution in [0.4, 0.5) is 4.39 Å². The van der Waals surface area contributed by atoms with Gasteiger partial charge in [0.1, 0.15) is 0 Å². The Hall–Kier alpha value is -1.89. The summed E-state index contributed by atoms with van der Waals surface area (Å²) in [6.45, 7) is 3.69. The van der Waals surface area contributed by atoms with Crippen molar-refractivity contribution >= 4 is 5.97 Å². The highest BCUT2D eigenvalue weighted by Gasteiger charge is 2.00. The minimum Gasteiger partial charge on any atom is -0.456 e. The maximum Gasteiger partial charge on any atom is 0.384 e. The quantitative estimate of drug-likeness (QED) is 0.397. The van der Waals surface area contributed by atoms with Gasteiger partial charge < -0.3 is 4.74 Å². The zero-order valence-electron chi connectivity index (χ0n) is 8.50. The van der Waals surface area contributed by atoms with Crippen molar-refractivity contribution in [1.82, 2.24) is 4.98 Å². The highest BCUT2D eigenvalue weighted by molar-refractivity contribution is 5.89. The third-order valence-corrected chi connectivity index (χ3v) is 1.55. The second-order valence-corrected chi connectivity index (χ2v) is 2.82. The van der Waals surface area contributed by atoms with Crippen molar-refractivity contribution in [2.75, 3.05) is 6.61 Å². The molecule has 0 bridgehead atoms. The average Bonchev–Trinajstić information content (AvgIpc) is 2.20. The van der Waals surface area contributed by atoms with Gasteiger partial charge in [-0.2, -0.15) is 4.39 Å². The fraction of sp³-hybridized carbons (Fsp3) is 0.273. The molecule has 0 N–H and O–H groups in total. The molecule has 0 aliphatic heterocycles. The zero-order chi connectivity index (χ0) is 11.3. The summed E-state index contributed by atoms with van der Waals surface area (Å²) in [5.74, 6) is 3.20. The average molecular weight is 207 g/mol. The van der Waals surface area contributed by atoms with E-state index in [1.807, 2.05) is 0 Å². The van der Waals surface area contributed by atoms with Crippen molar-refractivity contribution in [2.24, 2.45) is 0 Å². The second kappa shape index (κ2) is 5.11. The van der Waals surface area contributed by atoms with Crippen molar-refractivity contribution in [3.05, 3.63) is 29.3 Å².